The van der Waals surface area contributed by atoms with E-state index in [0.29, 0.717) is 25.6 Å². The second-order valence-corrected chi connectivity index (χ2v) is 7.52. The van der Waals surface area contributed by atoms with Gasteiger partial charge in [-0.1, -0.05) is 6.42 Å². The lowest BCUT2D eigenvalue weighted by atomic mass is 10.0. The predicted octanol–water partition coefficient (Wildman–Crippen LogP) is 2.12. The van der Waals surface area contributed by atoms with Gasteiger partial charge in [-0.3, -0.25) is 9.69 Å². The van der Waals surface area contributed by atoms with E-state index in [0.717, 1.165) is 40.5 Å². The van der Waals surface area contributed by atoms with E-state index >= 15 is 0 Å². The molecule has 1 aliphatic rings. The van der Waals surface area contributed by atoms with Gasteiger partial charge in [-0.05, 0) is 37.6 Å². The van der Waals surface area contributed by atoms with Crippen LogP contribution in [0.5, 0.6) is 5.75 Å². The molecule has 1 aromatic carbocycles. The molecule has 0 radical (unpaired) electrons. The number of benzene rings is 1. The molecule has 6 nitrogen and oxygen atoms in total. The second-order valence-electron chi connectivity index (χ2n) is 6.40. The van der Waals surface area contributed by atoms with Crippen LogP contribution in [0.25, 0.3) is 10.2 Å². The summed E-state index contributed by atoms with van der Waals surface area (Å²) >= 11 is 1.72. The molecule has 136 valence electrons. The zero-order valence-electron chi connectivity index (χ0n) is 14.7. The van der Waals surface area contributed by atoms with Crippen LogP contribution in [0.1, 0.15) is 30.7 Å². The van der Waals surface area contributed by atoms with Gasteiger partial charge >= 0.3 is 0 Å². The lowest BCUT2D eigenvalue weighted by Gasteiger charge is -2.35. The highest BCUT2D eigenvalue weighted by Crippen LogP contribution is 2.28. The number of fused-ring (bicyclic) bond motifs is 1. The van der Waals surface area contributed by atoms with E-state index < -0.39 is 0 Å². The molecule has 3 N–H and O–H groups in total. The van der Waals surface area contributed by atoms with Crippen molar-refractivity contribution in [2.24, 2.45) is 5.73 Å². The number of likely N-dealkylation sites (tertiary alicyclic amines) is 1. The number of rotatable bonds is 7. The Morgan fingerprint density at radius 1 is 1.48 bits per heavy atom. The number of nitrogens with one attached hydrogen (secondary N) is 1. The number of hydrogen-bond donors (Lipinski definition) is 2. The zero-order chi connectivity index (χ0) is 17.6. The Hall–Kier alpha value is -1.70. The molecule has 2 heterocycles. The molecule has 1 aliphatic heterocycles. The molecule has 1 unspecified atom stereocenters. The number of carbonyl (C=O) groups excluding carboxylic acids is 1. The third-order valence-corrected chi connectivity index (χ3v) is 5.64. The molecule has 1 fully saturated rings. The van der Waals surface area contributed by atoms with Crippen molar-refractivity contribution < 1.29 is 9.53 Å². The van der Waals surface area contributed by atoms with E-state index in [-0.39, 0.29) is 5.91 Å². The van der Waals surface area contributed by atoms with E-state index in [2.05, 4.69) is 10.2 Å². The maximum Gasteiger partial charge on any atom is 0.221 e. The van der Waals surface area contributed by atoms with Crippen molar-refractivity contribution in [2.75, 3.05) is 26.7 Å². The highest BCUT2D eigenvalue weighted by molar-refractivity contribution is 7.18. The van der Waals surface area contributed by atoms with E-state index in [1.165, 1.54) is 12.8 Å². The summed E-state index contributed by atoms with van der Waals surface area (Å²) in [6.07, 6.45) is 3.92. The molecule has 2 aromatic rings. The summed E-state index contributed by atoms with van der Waals surface area (Å²) in [5, 5.41) is 4.13. The van der Waals surface area contributed by atoms with Gasteiger partial charge in [-0.25, -0.2) is 4.98 Å². The summed E-state index contributed by atoms with van der Waals surface area (Å²) < 4.78 is 6.44. The molecule has 1 aromatic heterocycles. The number of amides is 1. The van der Waals surface area contributed by atoms with Crippen molar-refractivity contribution in [3.63, 3.8) is 0 Å². The van der Waals surface area contributed by atoms with Crippen LogP contribution in [0.15, 0.2) is 18.2 Å². The SMILES string of the molecule is COc1ccc2nc(CN3CCCCC3CNC(=O)CCN)sc2c1. The Kier molecular flexibility index (Phi) is 6.23. The van der Waals surface area contributed by atoms with Gasteiger partial charge in [0.15, 0.2) is 0 Å². The van der Waals surface area contributed by atoms with E-state index in [9.17, 15) is 4.79 Å². The Balaban J connectivity index is 1.65. The summed E-state index contributed by atoms with van der Waals surface area (Å²) in [5.74, 6) is 0.904. The maximum atomic E-state index is 11.7. The molecular weight excluding hydrogens is 336 g/mol. The first-order valence-electron chi connectivity index (χ1n) is 8.84. The van der Waals surface area contributed by atoms with Crippen molar-refractivity contribution in [3.05, 3.63) is 23.2 Å². The van der Waals surface area contributed by atoms with E-state index in [1.807, 2.05) is 18.2 Å². The van der Waals surface area contributed by atoms with Crippen LogP contribution in [-0.2, 0) is 11.3 Å². The summed E-state index contributed by atoms with van der Waals surface area (Å²) in [7, 11) is 1.68. The number of aromatic nitrogens is 1. The van der Waals surface area contributed by atoms with Crippen LogP contribution >= 0.6 is 11.3 Å². The van der Waals surface area contributed by atoms with Crippen LogP contribution in [0.4, 0.5) is 0 Å². The van der Waals surface area contributed by atoms with Gasteiger partial charge in [0.05, 0.1) is 23.9 Å². The van der Waals surface area contributed by atoms with Crippen molar-refractivity contribution in [1.82, 2.24) is 15.2 Å². The fourth-order valence-corrected chi connectivity index (χ4v) is 4.29. The second kappa shape index (κ2) is 8.60. The largest absolute Gasteiger partial charge is 0.497 e. The smallest absolute Gasteiger partial charge is 0.221 e. The monoisotopic (exact) mass is 362 g/mol. The molecule has 0 aliphatic carbocycles. The number of piperidine rings is 1. The molecular formula is C18H26N4O2S. The average Bonchev–Trinajstić information content (AvgIpc) is 3.02. The predicted molar refractivity (Wildman–Crippen MR) is 101 cm³/mol. The molecule has 0 spiro atoms. The standard InChI is InChI=1S/C18H26N4O2S/c1-24-14-5-6-15-16(10-14)25-18(21-15)12-22-9-3-2-4-13(22)11-20-17(23)7-8-19/h5-6,10,13H,2-4,7-9,11-12,19H2,1H3,(H,20,23). The van der Waals surface area contributed by atoms with Crippen LogP contribution in [0.3, 0.4) is 0 Å². The quantitative estimate of drug-likeness (QED) is 0.789. The van der Waals surface area contributed by atoms with Crippen molar-refractivity contribution >= 4 is 27.5 Å². The lowest BCUT2D eigenvalue weighted by molar-refractivity contribution is -0.121. The maximum absolute atomic E-state index is 11.7. The van der Waals surface area contributed by atoms with Crippen LogP contribution < -0.4 is 15.8 Å². The van der Waals surface area contributed by atoms with Crippen molar-refractivity contribution in [1.29, 1.82) is 0 Å². The van der Waals surface area contributed by atoms with Crippen LogP contribution in [0.2, 0.25) is 0 Å². The number of methoxy groups -OCH3 is 1. The Bertz CT molecular complexity index is 718. The lowest BCUT2D eigenvalue weighted by Crippen LogP contribution is -2.46. The fraction of sp³-hybridized carbons (Fsp3) is 0.556. The molecule has 3 rings (SSSR count). The number of nitrogens with zero attached hydrogens (tertiary/aromatic N) is 2. The van der Waals surface area contributed by atoms with Gasteiger partial charge < -0.3 is 15.8 Å². The zero-order valence-corrected chi connectivity index (χ0v) is 15.5. The van der Waals surface area contributed by atoms with E-state index in [1.54, 1.807) is 18.4 Å². The molecule has 25 heavy (non-hydrogen) atoms. The van der Waals surface area contributed by atoms with E-state index in [4.69, 9.17) is 15.5 Å². The summed E-state index contributed by atoms with van der Waals surface area (Å²) in [6.45, 7) is 2.97. The first-order valence-corrected chi connectivity index (χ1v) is 9.65. The van der Waals surface area contributed by atoms with Crippen molar-refractivity contribution in [2.45, 2.75) is 38.3 Å². The molecule has 0 bridgehead atoms. The molecule has 1 atom stereocenters. The highest BCUT2D eigenvalue weighted by atomic mass is 32.1. The summed E-state index contributed by atoms with van der Waals surface area (Å²) in [5.41, 5.74) is 6.46. The minimum absolute atomic E-state index is 0.0418. The minimum atomic E-state index is 0.0418. The van der Waals surface area contributed by atoms with Gasteiger partial charge in [0, 0.05) is 25.6 Å². The topological polar surface area (TPSA) is 80.5 Å². The Labute approximate surface area is 152 Å². The van der Waals surface area contributed by atoms with Gasteiger partial charge in [0.25, 0.3) is 0 Å². The number of hydrogen-bond acceptors (Lipinski definition) is 6. The summed E-state index contributed by atoms with van der Waals surface area (Å²) in [4.78, 5) is 18.9. The third-order valence-electron chi connectivity index (χ3n) is 4.63. The molecule has 0 saturated carbocycles. The average molecular weight is 362 g/mol. The number of nitrogens with two attached hydrogens (primary N) is 1. The molecule has 1 amide bonds. The fourth-order valence-electron chi connectivity index (χ4n) is 3.27. The summed E-state index contributed by atoms with van der Waals surface area (Å²) in [6, 6.07) is 6.37. The third kappa shape index (κ3) is 4.68. The van der Waals surface area contributed by atoms with Gasteiger partial charge in [-0.15, -0.1) is 11.3 Å². The Morgan fingerprint density at radius 2 is 2.36 bits per heavy atom. The van der Waals surface area contributed by atoms with Gasteiger partial charge in [0.2, 0.25) is 5.91 Å². The molecule has 1 saturated heterocycles. The normalized spacial score (nSPS) is 18.4. The number of ether oxygens (including phenoxy) is 1. The highest BCUT2D eigenvalue weighted by Gasteiger charge is 2.24. The van der Waals surface area contributed by atoms with Gasteiger partial charge in [-0.2, -0.15) is 0 Å². The number of carbonyl (C=O) groups is 1. The Morgan fingerprint density at radius 3 is 3.16 bits per heavy atom. The first-order chi connectivity index (χ1) is 12.2. The van der Waals surface area contributed by atoms with Crippen LogP contribution in [-0.4, -0.2) is 48.6 Å². The van der Waals surface area contributed by atoms with Crippen molar-refractivity contribution in [3.8, 4) is 5.75 Å². The van der Waals surface area contributed by atoms with Gasteiger partial charge in [0.1, 0.15) is 10.8 Å². The number of thiazole rings is 1. The first kappa shape index (κ1) is 18.1. The minimum Gasteiger partial charge on any atom is -0.497 e. The van der Waals surface area contributed by atoms with Crippen LogP contribution in [0, 0.1) is 0 Å². The molecule has 7 heteroatoms.